The summed E-state index contributed by atoms with van der Waals surface area (Å²) in [6, 6.07) is -0.579. The fourth-order valence-electron chi connectivity index (χ4n) is 1.97. The third-order valence-corrected chi connectivity index (χ3v) is 3.50. The van der Waals surface area contributed by atoms with Crippen LogP contribution in [0.15, 0.2) is 0 Å². The van der Waals surface area contributed by atoms with Gasteiger partial charge in [-0.25, -0.2) is 0 Å². The molecule has 0 radical (unpaired) electrons. The Morgan fingerprint density at radius 1 is 1.62 bits per heavy atom. The zero-order chi connectivity index (χ0) is 12.2. The first kappa shape index (κ1) is 13.0. The zero-order valence-electron chi connectivity index (χ0n) is 10.1. The van der Waals surface area contributed by atoms with Crippen LogP contribution in [0.1, 0.15) is 25.7 Å². The molecule has 1 amide bonds. The van der Waals surface area contributed by atoms with E-state index in [9.17, 15) is 4.79 Å². The van der Waals surface area contributed by atoms with Gasteiger partial charge in [-0.1, -0.05) is 0 Å². The molecule has 1 rings (SSSR count). The second-order valence-electron chi connectivity index (χ2n) is 4.70. The number of hydrogen-bond donors (Lipinski definition) is 2. The number of carbonyl (C=O) groups is 1. The van der Waals surface area contributed by atoms with Crippen LogP contribution in [-0.4, -0.2) is 43.0 Å². The first-order valence-corrected chi connectivity index (χ1v) is 5.66. The van der Waals surface area contributed by atoms with E-state index in [2.05, 4.69) is 16.1 Å². The van der Waals surface area contributed by atoms with Gasteiger partial charge in [0.25, 0.3) is 0 Å². The molecule has 0 aromatic carbocycles. The number of carbonyl (C=O) groups excluding carboxylic acids is 1. The number of nitrogens with one attached hydrogen (secondary N) is 1. The lowest BCUT2D eigenvalue weighted by Gasteiger charge is -2.47. The average Bonchev–Trinajstić information content (AvgIpc) is 2.15. The molecule has 1 atom stereocenters. The minimum absolute atomic E-state index is 0.130. The highest BCUT2D eigenvalue weighted by Crippen LogP contribution is 2.35. The van der Waals surface area contributed by atoms with Crippen molar-refractivity contribution in [1.29, 1.82) is 0 Å². The summed E-state index contributed by atoms with van der Waals surface area (Å²) in [5.41, 5.74) is 5.75. The summed E-state index contributed by atoms with van der Waals surface area (Å²) < 4.78 is 0. The zero-order valence-corrected chi connectivity index (χ0v) is 10.1. The first-order valence-electron chi connectivity index (χ1n) is 5.66. The van der Waals surface area contributed by atoms with Gasteiger partial charge in [-0.15, -0.1) is 12.3 Å². The molecular formula is C12H21N3O. The maximum absolute atomic E-state index is 11.6. The van der Waals surface area contributed by atoms with Crippen LogP contribution in [0, 0.1) is 12.3 Å². The van der Waals surface area contributed by atoms with Crippen LogP contribution in [0.4, 0.5) is 0 Å². The van der Waals surface area contributed by atoms with Crippen LogP contribution in [0.2, 0.25) is 0 Å². The number of nitrogens with zero attached hydrogens (tertiary/aromatic N) is 1. The number of amides is 1. The molecule has 16 heavy (non-hydrogen) atoms. The van der Waals surface area contributed by atoms with Crippen molar-refractivity contribution < 1.29 is 4.79 Å². The summed E-state index contributed by atoms with van der Waals surface area (Å²) >= 11 is 0. The molecule has 1 saturated carbocycles. The van der Waals surface area contributed by atoms with E-state index in [1.165, 1.54) is 6.42 Å². The number of rotatable bonds is 5. The number of terminal acetylenes is 1. The van der Waals surface area contributed by atoms with E-state index in [1.807, 2.05) is 14.1 Å². The van der Waals surface area contributed by atoms with Gasteiger partial charge in [-0.3, -0.25) is 4.79 Å². The summed E-state index contributed by atoms with van der Waals surface area (Å²) in [5.74, 6) is 2.25. The van der Waals surface area contributed by atoms with Crippen molar-refractivity contribution in [3.05, 3.63) is 0 Å². The maximum atomic E-state index is 11.6. The quantitative estimate of drug-likeness (QED) is 0.642. The maximum Gasteiger partial charge on any atom is 0.237 e. The molecule has 0 spiro atoms. The molecule has 1 aliphatic carbocycles. The Labute approximate surface area is 97.6 Å². The minimum atomic E-state index is -0.579. The van der Waals surface area contributed by atoms with Crippen molar-refractivity contribution in [1.82, 2.24) is 10.2 Å². The summed E-state index contributed by atoms with van der Waals surface area (Å²) in [5, 5.41) is 2.89. The Kier molecular flexibility index (Phi) is 4.34. The van der Waals surface area contributed by atoms with E-state index in [4.69, 9.17) is 12.2 Å². The molecule has 0 aromatic rings. The van der Waals surface area contributed by atoms with Crippen LogP contribution >= 0.6 is 0 Å². The Balaban J connectivity index is 2.39. The molecule has 1 aliphatic rings. The summed E-state index contributed by atoms with van der Waals surface area (Å²) in [4.78, 5) is 13.8. The SMILES string of the molecule is C#CCC(N)C(=O)NCC1(N(C)C)CCC1. The lowest BCUT2D eigenvalue weighted by molar-refractivity contribution is -0.123. The first-order chi connectivity index (χ1) is 7.52. The van der Waals surface area contributed by atoms with Gasteiger partial charge >= 0.3 is 0 Å². The van der Waals surface area contributed by atoms with Gasteiger partial charge in [0.15, 0.2) is 0 Å². The van der Waals surface area contributed by atoms with Crippen molar-refractivity contribution in [2.24, 2.45) is 5.73 Å². The van der Waals surface area contributed by atoms with Crippen molar-refractivity contribution >= 4 is 5.91 Å². The lowest BCUT2D eigenvalue weighted by Crippen LogP contribution is -2.58. The molecule has 90 valence electrons. The molecule has 1 fully saturated rings. The third kappa shape index (κ3) is 2.75. The Bertz CT molecular complexity index is 289. The number of nitrogens with two attached hydrogens (primary N) is 1. The smallest absolute Gasteiger partial charge is 0.237 e. The Hall–Kier alpha value is -1.05. The van der Waals surface area contributed by atoms with Crippen molar-refractivity contribution in [2.45, 2.75) is 37.3 Å². The monoisotopic (exact) mass is 223 g/mol. The van der Waals surface area contributed by atoms with E-state index < -0.39 is 6.04 Å². The number of likely N-dealkylation sites (N-methyl/N-ethyl adjacent to an activating group) is 1. The molecule has 4 nitrogen and oxygen atoms in total. The fourth-order valence-corrected chi connectivity index (χ4v) is 1.97. The van der Waals surface area contributed by atoms with Gasteiger partial charge in [0.2, 0.25) is 5.91 Å². The second-order valence-corrected chi connectivity index (χ2v) is 4.70. The molecular weight excluding hydrogens is 202 g/mol. The molecule has 3 N–H and O–H groups in total. The van der Waals surface area contributed by atoms with E-state index in [0.717, 1.165) is 12.8 Å². The largest absolute Gasteiger partial charge is 0.353 e. The molecule has 0 bridgehead atoms. The van der Waals surface area contributed by atoms with E-state index in [1.54, 1.807) is 0 Å². The Morgan fingerprint density at radius 2 is 2.25 bits per heavy atom. The fraction of sp³-hybridized carbons (Fsp3) is 0.750. The van der Waals surface area contributed by atoms with Crippen LogP contribution in [0.5, 0.6) is 0 Å². The molecule has 0 saturated heterocycles. The van der Waals surface area contributed by atoms with Gasteiger partial charge in [-0.05, 0) is 33.4 Å². The van der Waals surface area contributed by atoms with Gasteiger partial charge in [0.1, 0.15) is 0 Å². The van der Waals surface area contributed by atoms with Crippen molar-refractivity contribution in [3.63, 3.8) is 0 Å². The van der Waals surface area contributed by atoms with Gasteiger partial charge < -0.3 is 16.0 Å². The van der Waals surface area contributed by atoms with E-state index in [-0.39, 0.29) is 11.4 Å². The van der Waals surface area contributed by atoms with Gasteiger partial charge in [0.05, 0.1) is 6.04 Å². The molecule has 0 aromatic heterocycles. The van der Waals surface area contributed by atoms with Crippen LogP contribution in [-0.2, 0) is 4.79 Å². The topological polar surface area (TPSA) is 58.4 Å². The Morgan fingerprint density at radius 3 is 2.62 bits per heavy atom. The standard InChI is InChI=1S/C12H21N3O/c1-4-6-10(13)11(16)14-9-12(15(2)3)7-5-8-12/h1,10H,5-9,13H2,2-3H3,(H,14,16). The van der Waals surface area contributed by atoms with E-state index in [0.29, 0.717) is 13.0 Å². The third-order valence-electron chi connectivity index (χ3n) is 3.50. The van der Waals surface area contributed by atoms with E-state index >= 15 is 0 Å². The normalized spacial score (nSPS) is 19.7. The predicted octanol–water partition coefficient (Wildman–Crippen LogP) is -0.0625. The van der Waals surface area contributed by atoms with Crippen molar-refractivity contribution in [2.75, 3.05) is 20.6 Å². The highest BCUT2D eigenvalue weighted by molar-refractivity contribution is 5.81. The average molecular weight is 223 g/mol. The van der Waals surface area contributed by atoms with Crippen LogP contribution in [0.25, 0.3) is 0 Å². The lowest BCUT2D eigenvalue weighted by atomic mass is 9.75. The minimum Gasteiger partial charge on any atom is -0.353 e. The molecule has 1 unspecified atom stereocenters. The van der Waals surface area contributed by atoms with Crippen LogP contribution in [0.3, 0.4) is 0 Å². The summed E-state index contributed by atoms with van der Waals surface area (Å²) in [6.07, 6.45) is 8.89. The molecule has 4 heteroatoms. The summed E-state index contributed by atoms with van der Waals surface area (Å²) in [6.45, 7) is 0.664. The number of hydrogen-bond acceptors (Lipinski definition) is 3. The molecule has 0 heterocycles. The van der Waals surface area contributed by atoms with Crippen molar-refractivity contribution in [3.8, 4) is 12.3 Å². The van der Waals surface area contributed by atoms with Gasteiger partial charge in [0, 0.05) is 18.5 Å². The predicted molar refractivity (Wildman–Crippen MR) is 64.7 cm³/mol. The van der Waals surface area contributed by atoms with Crippen LogP contribution < -0.4 is 11.1 Å². The molecule has 0 aliphatic heterocycles. The summed E-state index contributed by atoms with van der Waals surface area (Å²) in [7, 11) is 4.10. The highest BCUT2D eigenvalue weighted by atomic mass is 16.2. The van der Waals surface area contributed by atoms with Gasteiger partial charge in [-0.2, -0.15) is 0 Å². The highest BCUT2D eigenvalue weighted by Gasteiger charge is 2.39. The second kappa shape index (κ2) is 5.33.